The molecule has 3 aliphatic carbocycles. The van der Waals surface area contributed by atoms with Crippen molar-refractivity contribution in [1.82, 2.24) is 9.80 Å². The fraction of sp³-hybridized carbons (Fsp3) is 0.288. The number of aryl methyl sites for hydroxylation is 8. The second-order valence-electron chi connectivity index (χ2n) is 22.1. The molecule has 6 aromatic carbocycles. The number of nitrogens with zero attached hydrogens (tertiary/aromatic N) is 3. The maximum atomic E-state index is 9.75. The molecule has 6 aromatic rings. The van der Waals surface area contributed by atoms with Crippen LogP contribution in [0.2, 0.25) is 0 Å². The van der Waals surface area contributed by atoms with Gasteiger partial charge in [0.1, 0.15) is 23.0 Å². The molecule has 0 aliphatic heterocycles. The van der Waals surface area contributed by atoms with Gasteiger partial charge in [-0.25, -0.2) is 0 Å². The first kappa shape index (κ1) is 79.0. The van der Waals surface area contributed by atoms with E-state index in [4.69, 9.17) is 24.2 Å². The van der Waals surface area contributed by atoms with Gasteiger partial charge in [-0.15, -0.1) is 0 Å². The molecule has 0 unspecified atom stereocenters. The summed E-state index contributed by atoms with van der Waals surface area (Å²) in [5.74, 6) is 9.30. The number of halogens is 4. The minimum Gasteiger partial charge on any atom is -0.496 e. The zero-order valence-corrected chi connectivity index (χ0v) is 59.5. The molecular formula is C73H86BF4FeN3O4P2Ru+3. The van der Waals surface area contributed by atoms with E-state index in [0.717, 1.165) is 23.0 Å². The van der Waals surface area contributed by atoms with Crippen molar-refractivity contribution in [2.24, 2.45) is 0 Å². The van der Waals surface area contributed by atoms with Gasteiger partial charge in [0.25, 0.3) is 0 Å². The average molecular weight is 1380 g/mol. The summed E-state index contributed by atoms with van der Waals surface area (Å²) in [7, 11) is 8.06. The van der Waals surface area contributed by atoms with Crippen molar-refractivity contribution in [2.45, 2.75) is 88.2 Å². The summed E-state index contributed by atoms with van der Waals surface area (Å²) in [6.07, 6.45) is 20.1. The summed E-state index contributed by atoms with van der Waals surface area (Å²) in [5, 5.41) is 12.7. The van der Waals surface area contributed by atoms with Gasteiger partial charge in [0.2, 0.25) is 0 Å². The Morgan fingerprint density at radius 2 is 0.652 bits per heavy atom. The molecule has 0 spiro atoms. The zero-order chi connectivity index (χ0) is 64.4. The molecule has 89 heavy (non-hydrogen) atoms. The summed E-state index contributed by atoms with van der Waals surface area (Å²) in [6, 6.07) is 42.2. The molecule has 3 fully saturated rings. The van der Waals surface area contributed by atoms with Gasteiger partial charge in [0.15, 0.2) is 0 Å². The number of methoxy groups -OCH3 is 4. The molecule has 0 amide bonds. The molecule has 0 aromatic heterocycles. The van der Waals surface area contributed by atoms with Crippen molar-refractivity contribution in [1.29, 1.82) is 5.26 Å². The number of hydrogen-bond acceptors (Lipinski definition) is 7. The van der Waals surface area contributed by atoms with E-state index in [-0.39, 0.29) is 48.6 Å². The average Bonchev–Trinajstić information content (AvgIpc) is 2.02. The van der Waals surface area contributed by atoms with E-state index in [9.17, 15) is 17.3 Å². The van der Waals surface area contributed by atoms with Crippen LogP contribution in [-0.4, -0.2) is 73.7 Å². The molecule has 16 heteroatoms. The van der Waals surface area contributed by atoms with Crippen LogP contribution >= 0.6 is 15.8 Å². The second kappa shape index (κ2) is 37.4. The summed E-state index contributed by atoms with van der Waals surface area (Å²) >= 11 is 0. The predicted octanol–water partition coefficient (Wildman–Crippen LogP) is 16.4. The smallest absolute Gasteiger partial charge is 0.496 e. The second-order valence-corrected chi connectivity index (χ2v) is 26.5. The van der Waals surface area contributed by atoms with Crippen molar-refractivity contribution < 1.29 is 72.8 Å². The van der Waals surface area contributed by atoms with Crippen molar-refractivity contribution in [3.63, 3.8) is 0 Å². The standard InChI is InChI=1S/2C32H37NO2P.C7H9.C2H3N.BF4.Fe.Ru/c2*1-21-17-26(18-22(2)31(21)34-7)36(27-19-23(3)32(35-8)24(4)20-27)29-16-12-15-28(29)30(33(5)6)25-13-10-9-11-14-25;1-6-3-4-7(2)5-6;1-2-3;2-1(3,4)5;;/h2*9-20,30H,1-8H3;3-5H,1-2H3;1H3;;;/q;;;;-1;2*+2/t2*30-;;;;;/m11...../s1. The third kappa shape index (κ3) is 21.6. The SMILES string of the molecule is CC#N.COc1c(C)cc(P([C]2[CH][CH][CH][C]2[C@@H](c2ccccc2)N(C)C)c2cc(C)c(OC)c(C)c2)cc1C.COc1c(C)cc(P([C]2[CH][CH][CH][C]2[C@@H](c2ccccc2)N(C)C)c2cc(C)c(OC)c(C)c2)cc1C.C[C]1[CH][CH][C](C)[CH]1.F[B-](F)(F)F.[Fe+2].[Ru+2]. The number of hydrogen-bond donors (Lipinski definition) is 0. The van der Waals surface area contributed by atoms with Gasteiger partial charge in [-0.2, -0.15) is 5.26 Å². The molecule has 0 bridgehead atoms. The Hall–Kier alpha value is -4.28. The molecular weight excluding hydrogens is 1290 g/mol. The van der Waals surface area contributed by atoms with Crippen LogP contribution in [0, 0.1) is 159 Å². The van der Waals surface area contributed by atoms with E-state index in [1.54, 1.807) is 34.5 Å². The molecule has 15 radical (unpaired) electrons. The monoisotopic (exact) mass is 1380 g/mol. The van der Waals surface area contributed by atoms with E-state index in [1.165, 1.54) is 119 Å². The van der Waals surface area contributed by atoms with Gasteiger partial charge in [-0.1, -0.05) is 74.5 Å². The molecule has 7 nitrogen and oxygen atoms in total. The molecule has 0 saturated heterocycles. The van der Waals surface area contributed by atoms with Gasteiger partial charge in [0.05, 0.1) is 34.5 Å². The molecule has 0 N–H and O–H groups in total. The van der Waals surface area contributed by atoms with Gasteiger partial charge in [-0.05, 0) is 294 Å². The molecule has 471 valence electrons. The van der Waals surface area contributed by atoms with Crippen LogP contribution in [-0.2, 0) is 36.5 Å². The maximum Gasteiger partial charge on any atom is 2.00 e. The summed E-state index contributed by atoms with van der Waals surface area (Å²) in [5.41, 5.74) is 14.7. The normalized spacial score (nSPS) is 15.5. The minimum atomic E-state index is -6.00. The first-order valence-electron chi connectivity index (χ1n) is 28.8. The molecule has 0 heterocycles. The largest absolute Gasteiger partial charge is 2.00 e. The quantitative estimate of drug-likeness (QED) is 0.0543. The number of rotatable bonds is 16. The van der Waals surface area contributed by atoms with E-state index in [2.05, 4.69) is 274 Å². The van der Waals surface area contributed by atoms with Crippen LogP contribution in [0.25, 0.3) is 0 Å². The predicted molar refractivity (Wildman–Crippen MR) is 359 cm³/mol. The van der Waals surface area contributed by atoms with E-state index in [0.29, 0.717) is 0 Å². The molecule has 3 aliphatic rings. The van der Waals surface area contributed by atoms with Crippen molar-refractivity contribution >= 4 is 44.3 Å². The van der Waals surface area contributed by atoms with Gasteiger partial charge in [0, 0.05) is 42.2 Å². The van der Waals surface area contributed by atoms with Crippen LogP contribution in [0.4, 0.5) is 17.3 Å². The van der Waals surface area contributed by atoms with Gasteiger partial charge < -0.3 is 46.0 Å². The Kier molecular flexibility index (Phi) is 33.2. The van der Waals surface area contributed by atoms with Crippen molar-refractivity contribution in [2.75, 3.05) is 56.6 Å². The number of nitriles is 1. The van der Waals surface area contributed by atoms with Crippen LogP contribution < -0.4 is 40.2 Å². The third-order valence-corrected chi connectivity index (χ3v) is 19.6. The first-order chi connectivity index (χ1) is 41.2. The first-order valence-corrected chi connectivity index (χ1v) is 31.4. The summed E-state index contributed by atoms with van der Waals surface area (Å²) in [6.45, 7) is 22.8. The van der Waals surface area contributed by atoms with E-state index >= 15 is 0 Å². The fourth-order valence-electron chi connectivity index (χ4n) is 11.6. The van der Waals surface area contributed by atoms with E-state index in [1.807, 2.05) is 0 Å². The maximum absolute atomic E-state index is 9.75. The van der Waals surface area contributed by atoms with Crippen molar-refractivity contribution in [3.05, 3.63) is 258 Å². The Morgan fingerprint density at radius 3 is 0.831 bits per heavy atom. The minimum absolute atomic E-state index is 0. The van der Waals surface area contributed by atoms with Crippen LogP contribution in [0.5, 0.6) is 23.0 Å². The van der Waals surface area contributed by atoms with E-state index < -0.39 is 23.1 Å². The Balaban J connectivity index is 0.000000370. The van der Waals surface area contributed by atoms with Gasteiger partial charge >= 0.3 is 43.8 Å². The summed E-state index contributed by atoms with van der Waals surface area (Å²) < 4.78 is 61.8. The molecule has 3 saturated carbocycles. The molecule has 9 rings (SSSR count). The molecule has 2 atom stereocenters. The van der Waals surface area contributed by atoms with Crippen LogP contribution in [0.1, 0.15) is 88.5 Å². The van der Waals surface area contributed by atoms with Crippen LogP contribution in [0.3, 0.4) is 0 Å². The third-order valence-electron chi connectivity index (χ3n) is 14.7. The number of ether oxygens (including phenoxy) is 4. The van der Waals surface area contributed by atoms with Crippen LogP contribution in [0.15, 0.2) is 109 Å². The summed E-state index contributed by atoms with van der Waals surface area (Å²) in [4.78, 5) is 4.63. The Morgan fingerprint density at radius 1 is 0.427 bits per heavy atom. The Labute approximate surface area is 560 Å². The zero-order valence-electron chi connectivity index (χ0n) is 54.9. The topological polar surface area (TPSA) is 67.2 Å². The van der Waals surface area contributed by atoms with Crippen molar-refractivity contribution in [3.8, 4) is 29.1 Å². The number of benzene rings is 6. The van der Waals surface area contributed by atoms with Gasteiger partial charge in [-0.3, -0.25) is 0 Å². The fourth-order valence-corrected chi connectivity index (χ4v) is 17.3. The Bertz CT molecular complexity index is 2760.